The van der Waals surface area contributed by atoms with Gasteiger partial charge in [-0.15, -0.1) is 0 Å². The van der Waals surface area contributed by atoms with Crippen molar-refractivity contribution in [2.24, 2.45) is 0 Å². The maximum absolute atomic E-state index is 13.1. The van der Waals surface area contributed by atoms with Gasteiger partial charge in [-0.2, -0.15) is 0 Å². The van der Waals surface area contributed by atoms with Crippen molar-refractivity contribution in [3.8, 4) is 0 Å². The summed E-state index contributed by atoms with van der Waals surface area (Å²) in [5, 5.41) is 86.3. The van der Waals surface area contributed by atoms with Crippen molar-refractivity contribution < 1.29 is 64.6 Å². The first-order valence-corrected chi connectivity index (χ1v) is 22.2. The van der Waals surface area contributed by atoms with Crippen molar-refractivity contribution in [1.29, 1.82) is 0 Å². The number of aliphatic hydroxyl groups is 8. The van der Waals surface area contributed by atoms with Crippen LogP contribution in [0.5, 0.6) is 0 Å². The smallest absolute Gasteiger partial charge is 0.220 e. The van der Waals surface area contributed by atoms with E-state index < -0.39 is 86.8 Å². The van der Waals surface area contributed by atoms with Gasteiger partial charge in [0.25, 0.3) is 0 Å². The summed E-state index contributed by atoms with van der Waals surface area (Å²) in [6, 6.07) is -0.931. The molecule has 2 aliphatic rings. The number of amides is 1. The van der Waals surface area contributed by atoms with Crippen molar-refractivity contribution in [2.45, 2.75) is 216 Å². The van der Waals surface area contributed by atoms with Gasteiger partial charge in [0.05, 0.1) is 32.0 Å². The van der Waals surface area contributed by atoms with Gasteiger partial charge in [-0.1, -0.05) is 115 Å². The topological polar surface area (TPSA) is 228 Å². The molecule has 0 spiro atoms. The Labute approximate surface area is 347 Å². The van der Waals surface area contributed by atoms with Gasteiger partial charge in [-0.05, 0) is 57.8 Å². The Morgan fingerprint density at radius 3 is 1.72 bits per heavy atom. The summed E-state index contributed by atoms with van der Waals surface area (Å²) >= 11 is 0. The summed E-state index contributed by atoms with van der Waals surface area (Å²) in [5.74, 6) is -0.264. The Hall–Kier alpha value is -1.79. The molecule has 2 fully saturated rings. The van der Waals surface area contributed by atoms with Gasteiger partial charge in [-0.25, -0.2) is 0 Å². The molecule has 2 rings (SSSR count). The van der Waals surface area contributed by atoms with Crippen LogP contribution in [0.4, 0.5) is 0 Å². The third-order valence-electron chi connectivity index (χ3n) is 10.8. The minimum absolute atomic E-state index is 0.262. The standard InChI is InChI=1S/C44H79NO13/c1-3-5-7-9-11-13-15-17-19-21-23-25-27-33(48)32(45-36(49)28-26-24-22-20-18-16-14-12-10-8-6-4-2)31-55-43-41(54)39(52)42(35(30-47)57-43)58-44-40(53)38(51)37(50)34(29-46)56-44/h12,14,17,19,25,27,32-35,37-44,46-48,50-54H,3-11,13,15-16,18,20-24,26,28-31H2,1-2H3,(H,45,49)/b14-12-,19-17+,27-25+. The third-order valence-corrected chi connectivity index (χ3v) is 10.8. The fourth-order valence-corrected chi connectivity index (χ4v) is 7.06. The van der Waals surface area contributed by atoms with E-state index in [1.165, 1.54) is 57.8 Å². The van der Waals surface area contributed by atoms with Crippen LogP contribution in [0.25, 0.3) is 0 Å². The minimum atomic E-state index is -1.79. The summed E-state index contributed by atoms with van der Waals surface area (Å²) in [4.78, 5) is 13.1. The number of hydrogen-bond acceptors (Lipinski definition) is 13. The predicted octanol–water partition coefficient (Wildman–Crippen LogP) is 3.98. The average molecular weight is 830 g/mol. The SMILES string of the molecule is CCCCC/C=C\CCCCCCCC(=O)NC(COC1OC(CO)C(OC2OC(CO)C(O)C(O)C2O)C(O)C1O)C(O)/C=C/CC/C=C/CCCCCCCC. The number of allylic oxidation sites excluding steroid dienone is 5. The largest absolute Gasteiger partial charge is 0.394 e. The van der Waals surface area contributed by atoms with E-state index in [2.05, 4.69) is 43.5 Å². The maximum Gasteiger partial charge on any atom is 0.220 e. The summed E-state index contributed by atoms with van der Waals surface area (Å²) < 4.78 is 22.6. The van der Waals surface area contributed by atoms with Crippen LogP contribution in [-0.2, 0) is 23.7 Å². The fourth-order valence-electron chi connectivity index (χ4n) is 7.06. The summed E-state index contributed by atoms with van der Waals surface area (Å²) in [6.07, 6.45) is 16.3. The quantitative estimate of drug-likeness (QED) is 0.0346. The molecule has 0 radical (unpaired) electrons. The van der Waals surface area contributed by atoms with Gasteiger partial charge in [0.1, 0.15) is 48.8 Å². The number of carbonyl (C=O) groups excluding carboxylic acids is 1. The lowest BCUT2D eigenvalue weighted by atomic mass is 9.97. The summed E-state index contributed by atoms with van der Waals surface area (Å²) in [7, 11) is 0. The van der Waals surface area contributed by atoms with Gasteiger partial charge < -0.3 is 65.1 Å². The van der Waals surface area contributed by atoms with Crippen LogP contribution in [0, 0.1) is 0 Å². The normalized spacial score (nSPS) is 29.1. The number of nitrogens with one attached hydrogen (secondary N) is 1. The van der Waals surface area contributed by atoms with Crippen LogP contribution in [-0.4, -0.2) is 140 Å². The zero-order valence-corrected chi connectivity index (χ0v) is 35.3. The Balaban J connectivity index is 1.94. The molecule has 0 aliphatic carbocycles. The van der Waals surface area contributed by atoms with Crippen molar-refractivity contribution in [3.63, 3.8) is 0 Å². The zero-order chi connectivity index (χ0) is 42.5. The van der Waals surface area contributed by atoms with Crippen LogP contribution in [0.3, 0.4) is 0 Å². The molecule has 0 aromatic heterocycles. The van der Waals surface area contributed by atoms with E-state index in [4.69, 9.17) is 18.9 Å². The summed E-state index contributed by atoms with van der Waals surface area (Å²) in [5.41, 5.74) is 0. The summed E-state index contributed by atoms with van der Waals surface area (Å²) in [6.45, 7) is 2.68. The second-order valence-corrected chi connectivity index (χ2v) is 15.8. The van der Waals surface area contributed by atoms with Gasteiger partial charge in [-0.3, -0.25) is 4.79 Å². The second-order valence-electron chi connectivity index (χ2n) is 15.8. The predicted molar refractivity (Wildman–Crippen MR) is 221 cm³/mol. The van der Waals surface area contributed by atoms with Crippen LogP contribution in [0.15, 0.2) is 36.5 Å². The van der Waals surface area contributed by atoms with Crippen LogP contribution < -0.4 is 5.32 Å². The van der Waals surface area contributed by atoms with E-state index >= 15 is 0 Å². The number of rotatable bonds is 32. The highest BCUT2D eigenvalue weighted by molar-refractivity contribution is 5.76. The number of ether oxygens (including phenoxy) is 4. The van der Waals surface area contributed by atoms with Gasteiger partial charge >= 0.3 is 0 Å². The Morgan fingerprint density at radius 1 is 0.603 bits per heavy atom. The molecule has 2 aliphatic heterocycles. The highest BCUT2D eigenvalue weighted by atomic mass is 16.7. The number of hydrogen-bond donors (Lipinski definition) is 9. The lowest BCUT2D eigenvalue weighted by molar-refractivity contribution is -0.359. The number of aliphatic hydroxyl groups excluding tert-OH is 8. The first-order valence-electron chi connectivity index (χ1n) is 22.2. The highest BCUT2D eigenvalue weighted by Gasteiger charge is 2.50. The van der Waals surface area contributed by atoms with Gasteiger partial charge in [0.15, 0.2) is 12.6 Å². The molecule has 9 N–H and O–H groups in total. The first-order chi connectivity index (χ1) is 28.1. The van der Waals surface area contributed by atoms with E-state index in [9.17, 15) is 45.6 Å². The van der Waals surface area contributed by atoms with E-state index in [1.807, 2.05) is 6.08 Å². The van der Waals surface area contributed by atoms with Crippen molar-refractivity contribution in [2.75, 3.05) is 19.8 Å². The monoisotopic (exact) mass is 830 g/mol. The number of unbranched alkanes of at least 4 members (excludes halogenated alkanes) is 15. The molecule has 1 amide bonds. The van der Waals surface area contributed by atoms with Gasteiger partial charge in [0.2, 0.25) is 5.91 Å². The van der Waals surface area contributed by atoms with Crippen LogP contribution >= 0.6 is 0 Å². The lowest BCUT2D eigenvalue weighted by Gasteiger charge is -2.46. The molecular weight excluding hydrogens is 750 g/mol. The van der Waals surface area contributed by atoms with E-state index in [-0.39, 0.29) is 18.9 Å². The molecule has 0 aromatic rings. The molecular formula is C44H79NO13. The molecule has 2 saturated heterocycles. The zero-order valence-electron chi connectivity index (χ0n) is 35.3. The van der Waals surface area contributed by atoms with Crippen molar-refractivity contribution >= 4 is 5.91 Å². The van der Waals surface area contributed by atoms with Crippen molar-refractivity contribution in [3.05, 3.63) is 36.5 Å². The Morgan fingerprint density at radius 2 is 1.10 bits per heavy atom. The first kappa shape index (κ1) is 52.3. The molecule has 338 valence electrons. The van der Waals surface area contributed by atoms with Crippen LogP contribution in [0.1, 0.15) is 142 Å². The van der Waals surface area contributed by atoms with E-state index in [1.54, 1.807) is 6.08 Å². The van der Waals surface area contributed by atoms with Crippen LogP contribution in [0.2, 0.25) is 0 Å². The second kappa shape index (κ2) is 32.0. The van der Waals surface area contributed by atoms with Crippen molar-refractivity contribution in [1.82, 2.24) is 5.32 Å². The van der Waals surface area contributed by atoms with E-state index in [0.717, 1.165) is 51.4 Å². The Bertz CT molecular complexity index is 1120. The highest BCUT2D eigenvalue weighted by Crippen LogP contribution is 2.30. The molecule has 14 heteroatoms. The third kappa shape index (κ3) is 20.2. The maximum atomic E-state index is 13.1. The molecule has 12 unspecified atom stereocenters. The molecule has 14 nitrogen and oxygen atoms in total. The minimum Gasteiger partial charge on any atom is -0.394 e. The molecule has 0 bridgehead atoms. The molecule has 58 heavy (non-hydrogen) atoms. The average Bonchev–Trinajstić information content (AvgIpc) is 3.22. The number of carbonyl (C=O) groups is 1. The van der Waals surface area contributed by atoms with E-state index in [0.29, 0.717) is 12.8 Å². The molecule has 12 atom stereocenters. The Kier molecular flexibility index (Phi) is 28.9. The lowest BCUT2D eigenvalue weighted by Crippen LogP contribution is -2.65. The fraction of sp³-hybridized carbons (Fsp3) is 0.841. The molecule has 0 saturated carbocycles. The van der Waals surface area contributed by atoms with Gasteiger partial charge in [0, 0.05) is 6.42 Å². The molecule has 0 aromatic carbocycles. The molecule has 2 heterocycles.